The number of carbonyl (C=O) groups excluding carboxylic acids is 2. The van der Waals surface area contributed by atoms with Crippen molar-refractivity contribution in [3.63, 3.8) is 0 Å². The van der Waals surface area contributed by atoms with Gasteiger partial charge in [0.2, 0.25) is 0 Å². The van der Waals surface area contributed by atoms with Crippen molar-refractivity contribution < 1.29 is 19.4 Å². The first-order valence-corrected chi connectivity index (χ1v) is 6.21. The molecule has 1 atom stereocenters. The Balaban J connectivity index is 2.91. The molecule has 0 bridgehead atoms. The Morgan fingerprint density at radius 3 is 2.47 bits per heavy atom. The summed E-state index contributed by atoms with van der Waals surface area (Å²) in [5.41, 5.74) is 0.316. The first kappa shape index (κ1) is 15.0. The van der Waals surface area contributed by atoms with E-state index in [1.54, 1.807) is 38.1 Å². The van der Waals surface area contributed by atoms with Crippen molar-refractivity contribution in [2.24, 2.45) is 5.92 Å². The van der Waals surface area contributed by atoms with E-state index in [0.717, 1.165) is 0 Å². The van der Waals surface area contributed by atoms with Crippen molar-refractivity contribution in [3.05, 3.63) is 29.8 Å². The second kappa shape index (κ2) is 6.78. The summed E-state index contributed by atoms with van der Waals surface area (Å²) >= 11 is 0. The number of aliphatic carboxylic acids is 1. The molecule has 0 fully saturated rings. The number of amides is 1. The lowest BCUT2D eigenvalue weighted by Crippen LogP contribution is -2.50. The predicted octanol–water partition coefficient (Wildman–Crippen LogP) is 0.590. The highest BCUT2D eigenvalue weighted by atomic mass is 16.5. The quantitative estimate of drug-likeness (QED) is 0.815. The van der Waals surface area contributed by atoms with Crippen molar-refractivity contribution in [1.82, 2.24) is 5.32 Å². The number of hydrogen-bond acceptors (Lipinski definition) is 4. The van der Waals surface area contributed by atoms with E-state index in [9.17, 15) is 14.7 Å². The molecule has 19 heavy (non-hydrogen) atoms. The van der Waals surface area contributed by atoms with Crippen LogP contribution in [0, 0.1) is 5.92 Å². The van der Waals surface area contributed by atoms with Crippen LogP contribution in [-0.4, -0.2) is 24.5 Å². The average molecular weight is 264 g/mol. The van der Waals surface area contributed by atoms with Crippen molar-refractivity contribution in [3.8, 4) is 5.75 Å². The molecule has 5 nitrogen and oxygen atoms in total. The van der Waals surface area contributed by atoms with Crippen LogP contribution in [0.2, 0.25) is 0 Å². The summed E-state index contributed by atoms with van der Waals surface area (Å²) in [5, 5.41) is 13.4. The van der Waals surface area contributed by atoms with Crippen molar-refractivity contribution in [2.45, 2.75) is 26.8 Å². The largest absolute Gasteiger partial charge is 0.548 e. The third kappa shape index (κ3) is 3.98. The van der Waals surface area contributed by atoms with Crippen LogP contribution in [-0.2, 0) is 4.79 Å². The molecule has 0 aliphatic carbocycles. The molecule has 104 valence electrons. The fourth-order valence-corrected chi connectivity index (χ4v) is 1.65. The summed E-state index contributed by atoms with van der Waals surface area (Å²) in [6.45, 7) is 5.65. The molecule has 1 aromatic rings. The molecular formula is C14H18NO4-. The Hall–Kier alpha value is -2.04. The van der Waals surface area contributed by atoms with Gasteiger partial charge >= 0.3 is 0 Å². The van der Waals surface area contributed by atoms with E-state index in [2.05, 4.69) is 5.32 Å². The maximum absolute atomic E-state index is 12.1. The molecule has 1 N–H and O–H groups in total. The summed E-state index contributed by atoms with van der Waals surface area (Å²) in [6.07, 6.45) is 0. The lowest BCUT2D eigenvalue weighted by Gasteiger charge is -2.23. The van der Waals surface area contributed by atoms with Crippen LogP contribution in [0.15, 0.2) is 24.3 Å². The Morgan fingerprint density at radius 2 is 1.95 bits per heavy atom. The van der Waals surface area contributed by atoms with Crippen LogP contribution in [0.4, 0.5) is 0 Å². The summed E-state index contributed by atoms with van der Waals surface area (Å²) < 4.78 is 5.34. The van der Waals surface area contributed by atoms with Gasteiger partial charge in [-0.05, 0) is 25.0 Å². The Labute approximate surface area is 112 Å². The fourth-order valence-electron chi connectivity index (χ4n) is 1.65. The van der Waals surface area contributed by atoms with Gasteiger partial charge in [-0.1, -0.05) is 26.0 Å². The van der Waals surface area contributed by atoms with Crippen LogP contribution < -0.4 is 15.2 Å². The first-order chi connectivity index (χ1) is 8.97. The molecule has 0 radical (unpaired) electrons. The molecular weight excluding hydrogens is 246 g/mol. The standard InChI is InChI=1S/C14H19NO4/c1-4-19-11-8-6-5-7-10(11)13(16)15-12(9(2)3)14(17)18/h5-9,12H,4H2,1-3H3,(H,15,16)(H,17,18)/p-1/t12-/m1/s1. The monoisotopic (exact) mass is 264 g/mol. The summed E-state index contributed by atoms with van der Waals surface area (Å²) in [4.78, 5) is 23.0. The Morgan fingerprint density at radius 1 is 1.32 bits per heavy atom. The number of ether oxygens (including phenoxy) is 1. The number of nitrogens with one attached hydrogen (secondary N) is 1. The van der Waals surface area contributed by atoms with Crippen LogP contribution in [0.1, 0.15) is 31.1 Å². The van der Waals surface area contributed by atoms with Crippen LogP contribution in [0.3, 0.4) is 0 Å². The van der Waals surface area contributed by atoms with E-state index in [-0.39, 0.29) is 5.92 Å². The molecule has 5 heteroatoms. The number of rotatable bonds is 6. The molecule has 0 aliphatic rings. The van der Waals surface area contributed by atoms with Crippen LogP contribution >= 0.6 is 0 Å². The molecule has 0 saturated carbocycles. The zero-order valence-corrected chi connectivity index (χ0v) is 11.3. The molecule has 0 aliphatic heterocycles. The predicted molar refractivity (Wildman–Crippen MR) is 68.7 cm³/mol. The first-order valence-electron chi connectivity index (χ1n) is 6.21. The number of para-hydroxylation sites is 1. The molecule has 0 unspecified atom stereocenters. The smallest absolute Gasteiger partial charge is 0.255 e. The minimum absolute atomic E-state index is 0.256. The minimum Gasteiger partial charge on any atom is -0.548 e. The Bertz CT molecular complexity index is 457. The lowest BCUT2D eigenvalue weighted by atomic mass is 10.0. The molecule has 0 heterocycles. The van der Waals surface area contributed by atoms with E-state index in [4.69, 9.17) is 4.74 Å². The number of benzene rings is 1. The maximum atomic E-state index is 12.1. The average Bonchev–Trinajstić information content (AvgIpc) is 2.36. The van der Waals surface area contributed by atoms with Gasteiger partial charge in [0, 0.05) is 0 Å². The van der Waals surface area contributed by atoms with E-state index in [1.165, 1.54) is 0 Å². The minimum atomic E-state index is -1.29. The molecule has 1 aromatic carbocycles. The number of carboxylic acid groups (broad SMARTS) is 1. The van der Waals surface area contributed by atoms with Gasteiger partial charge in [-0.2, -0.15) is 0 Å². The highest BCUT2D eigenvalue weighted by Gasteiger charge is 2.20. The maximum Gasteiger partial charge on any atom is 0.255 e. The van der Waals surface area contributed by atoms with Crippen molar-refractivity contribution >= 4 is 11.9 Å². The molecule has 0 aromatic heterocycles. The van der Waals surface area contributed by atoms with Gasteiger partial charge in [0.15, 0.2) is 0 Å². The second-order valence-corrected chi connectivity index (χ2v) is 4.44. The highest BCUT2D eigenvalue weighted by molar-refractivity contribution is 5.98. The topological polar surface area (TPSA) is 78.5 Å². The van der Waals surface area contributed by atoms with Crippen LogP contribution in [0.5, 0.6) is 5.75 Å². The molecule has 1 amide bonds. The summed E-state index contributed by atoms with van der Waals surface area (Å²) in [7, 11) is 0. The molecule has 0 saturated heterocycles. The van der Waals surface area contributed by atoms with E-state index >= 15 is 0 Å². The van der Waals surface area contributed by atoms with Gasteiger partial charge in [-0.15, -0.1) is 0 Å². The second-order valence-electron chi connectivity index (χ2n) is 4.44. The third-order valence-corrected chi connectivity index (χ3v) is 2.64. The van der Waals surface area contributed by atoms with E-state index < -0.39 is 17.9 Å². The number of carboxylic acids is 1. The van der Waals surface area contributed by atoms with Crippen LogP contribution in [0.25, 0.3) is 0 Å². The van der Waals surface area contributed by atoms with Gasteiger partial charge in [0.1, 0.15) is 5.75 Å². The van der Waals surface area contributed by atoms with E-state index in [1.807, 2.05) is 6.92 Å². The number of carbonyl (C=O) groups is 2. The fraction of sp³-hybridized carbons (Fsp3) is 0.429. The SMILES string of the molecule is CCOc1ccccc1C(=O)N[C@@H](C(=O)[O-])C(C)C. The molecule has 0 spiro atoms. The highest BCUT2D eigenvalue weighted by Crippen LogP contribution is 2.18. The van der Waals surface area contributed by atoms with E-state index in [0.29, 0.717) is 17.9 Å². The van der Waals surface area contributed by atoms with Gasteiger partial charge in [0.25, 0.3) is 5.91 Å². The zero-order valence-electron chi connectivity index (χ0n) is 11.3. The third-order valence-electron chi connectivity index (χ3n) is 2.64. The number of hydrogen-bond donors (Lipinski definition) is 1. The Kier molecular flexibility index (Phi) is 5.36. The van der Waals surface area contributed by atoms with Crippen molar-refractivity contribution in [2.75, 3.05) is 6.61 Å². The molecule has 1 rings (SSSR count). The summed E-state index contributed by atoms with van der Waals surface area (Å²) in [5.74, 6) is -1.60. The van der Waals surface area contributed by atoms with Gasteiger partial charge in [0.05, 0.1) is 24.2 Å². The normalized spacial score (nSPS) is 12.0. The van der Waals surface area contributed by atoms with Crippen molar-refractivity contribution in [1.29, 1.82) is 0 Å². The zero-order chi connectivity index (χ0) is 14.4. The lowest BCUT2D eigenvalue weighted by molar-refractivity contribution is -0.309. The van der Waals surface area contributed by atoms with Gasteiger partial charge < -0.3 is 20.0 Å². The summed E-state index contributed by atoms with van der Waals surface area (Å²) in [6, 6.07) is 5.68. The van der Waals surface area contributed by atoms with Gasteiger partial charge in [-0.3, -0.25) is 4.79 Å². The van der Waals surface area contributed by atoms with Gasteiger partial charge in [-0.25, -0.2) is 0 Å².